The van der Waals surface area contributed by atoms with Crippen LogP contribution < -0.4 is 5.32 Å². The number of carboxylic acid groups (broad SMARTS) is 1. The van der Waals surface area contributed by atoms with Crippen LogP contribution in [0.15, 0.2) is 24.3 Å². The highest BCUT2D eigenvalue weighted by Crippen LogP contribution is 2.37. The Morgan fingerprint density at radius 3 is 2.76 bits per heavy atom. The molecule has 3 rings (SSSR count). The second kappa shape index (κ2) is 5.78. The monoisotopic (exact) mass is 303 g/mol. The minimum atomic E-state index is -0.819. The van der Waals surface area contributed by atoms with Crippen molar-refractivity contribution in [3.63, 3.8) is 0 Å². The summed E-state index contributed by atoms with van der Waals surface area (Å²) in [7, 11) is 0. The van der Waals surface area contributed by atoms with E-state index in [4.69, 9.17) is 0 Å². The fraction of sp³-hybridized carbons (Fsp3) is 0.471. The van der Waals surface area contributed by atoms with Crippen molar-refractivity contribution in [3.05, 3.63) is 34.7 Å². The molecule has 4 heteroatoms. The zero-order chi connectivity index (χ0) is 14.9. The Labute approximate surface area is 129 Å². The number of hydrogen-bond donors (Lipinski definition) is 2. The molecular formula is C17H21NO2S. The summed E-state index contributed by atoms with van der Waals surface area (Å²) in [6.45, 7) is 3.94. The van der Waals surface area contributed by atoms with Crippen LogP contribution in [0.1, 0.15) is 47.8 Å². The fourth-order valence-corrected chi connectivity index (χ4v) is 4.40. The van der Waals surface area contributed by atoms with Gasteiger partial charge in [-0.2, -0.15) is 0 Å². The van der Waals surface area contributed by atoms with Crippen LogP contribution in [0.4, 0.5) is 0 Å². The summed E-state index contributed by atoms with van der Waals surface area (Å²) in [4.78, 5) is 11.9. The van der Waals surface area contributed by atoms with Crippen LogP contribution in [0.3, 0.4) is 0 Å². The normalized spacial score (nSPS) is 17.4. The highest BCUT2D eigenvalue weighted by molar-refractivity contribution is 7.21. The summed E-state index contributed by atoms with van der Waals surface area (Å²) in [6.07, 6.45) is 5.19. The summed E-state index contributed by atoms with van der Waals surface area (Å²) in [5.74, 6) is -0.819. The molecule has 0 aliphatic heterocycles. The van der Waals surface area contributed by atoms with Crippen molar-refractivity contribution >= 4 is 27.4 Å². The van der Waals surface area contributed by atoms with E-state index in [9.17, 15) is 9.90 Å². The SMILES string of the molecule is CC1(CNCc2c(C(=O)O)sc3ccccc23)CCCC1. The largest absolute Gasteiger partial charge is 0.477 e. The van der Waals surface area contributed by atoms with E-state index >= 15 is 0 Å². The first-order chi connectivity index (χ1) is 10.1. The van der Waals surface area contributed by atoms with Crippen molar-refractivity contribution in [1.82, 2.24) is 5.32 Å². The number of aromatic carboxylic acids is 1. The van der Waals surface area contributed by atoms with E-state index in [-0.39, 0.29) is 0 Å². The lowest BCUT2D eigenvalue weighted by atomic mass is 9.89. The van der Waals surface area contributed by atoms with Crippen LogP contribution in [-0.4, -0.2) is 17.6 Å². The zero-order valence-corrected chi connectivity index (χ0v) is 13.1. The maximum absolute atomic E-state index is 11.5. The Balaban J connectivity index is 1.79. The standard InChI is InChI=1S/C17H21NO2S/c1-17(8-4-5-9-17)11-18-10-13-12-6-2-3-7-14(12)21-15(13)16(19)20/h2-3,6-7,18H,4-5,8-11H2,1H3,(H,19,20). The predicted octanol–water partition coefficient (Wildman–Crippen LogP) is 4.27. The van der Waals surface area contributed by atoms with E-state index in [0.717, 1.165) is 22.2 Å². The van der Waals surface area contributed by atoms with E-state index in [2.05, 4.69) is 12.2 Å². The van der Waals surface area contributed by atoms with Crippen LogP contribution in [-0.2, 0) is 6.54 Å². The van der Waals surface area contributed by atoms with Gasteiger partial charge in [-0.1, -0.05) is 38.0 Å². The molecule has 112 valence electrons. The average Bonchev–Trinajstić information content (AvgIpc) is 3.04. The first-order valence-electron chi connectivity index (χ1n) is 7.53. The molecule has 1 aliphatic carbocycles. The van der Waals surface area contributed by atoms with Crippen molar-refractivity contribution in [2.45, 2.75) is 39.2 Å². The number of carboxylic acids is 1. The van der Waals surface area contributed by atoms with Crippen molar-refractivity contribution in [3.8, 4) is 0 Å². The molecule has 1 aromatic heterocycles. The molecule has 1 heterocycles. The summed E-state index contributed by atoms with van der Waals surface area (Å²) >= 11 is 1.37. The molecule has 0 unspecified atom stereocenters. The van der Waals surface area contributed by atoms with Gasteiger partial charge in [-0.3, -0.25) is 0 Å². The van der Waals surface area contributed by atoms with Crippen molar-refractivity contribution in [1.29, 1.82) is 0 Å². The summed E-state index contributed by atoms with van der Waals surface area (Å²) in [6, 6.07) is 7.95. The molecule has 3 nitrogen and oxygen atoms in total. The molecule has 1 saturated carbocycles. The molecule has 0 spiro atoms. The Bertz CT molecular complexity index is 656. The van der Waals surface area contributed by atoms with Gasteiger partial charge < -0.3 is 10.4 Å². The maximum Gasteiger partial charge on any atom is 0.346 e. The Morgan fingerprint density at radius 1 is 1.33 bits per heavy atom. The van der Waals surface area contributed by atoms with Gasteiger partial charge in [0.05, 0.1) is 0 Å². The molecule has 0 bridgehead atoms. The third-order valence-corrected chi connectivity index (χ3v) is 5.76. The van der Waals surface area contributed by atoms with Gasteiger partial charge in [0.25, 0.3) is 0 Å². The highest BCUT2D eigenvalue weighted by Gasteiger charge is 2.28. The Kier molecular flexibility index (Phi) is 4.00. The molecule has 0 radical (unpaired) electrons. The van der Waals surface area contributed by atoms with E-state index in [1.54, 1.807) is 0 Å². The molecule has 21 heavy (non-hydrogen) atoms. The smallest absolute Gasteiger partial charge is 0.346 e. The lowest BCUT2D eigenvalue weighted by Gasteiger charge is -2.23. The topological polar surface area (TPSA) is 49.3 Å². The molecule has 1 fully saturated rings. The Hall–Kier alpha value is -1.39. The first-order valence-corrected chi connectivity index (χ1v) is 8.35. The first kappa shape index (κ1) is 14.5. The van der Waals surface area contributed by atoms with E-state index in [0.29, 0.717) is 16.8 Å². The second-order valence-corrected chi connectivity index (χ2v) is 7.38. The number of fused-ring (bicyclic) bond motifs is 1. The van der Waals surface area contributed by atoms with Crippen LogP contribution in [0.5, 0.6) is 0 Å². The van der Waals surface area contributed by atoms with Crippen molar-refractivity contribution in [2.24, 2.45) is 5.41 Å². The average molecular weight is 303 g/mol. The van der Waals surface area contributed by atoms with Gasteiger partial charge >= 0.3 is 5.97 Å². The fourth-order valence-electron chi connectivity index (χ4n) is 3.34. The number of hydrogen-bond acceptors (Lipinski definition) is 3. The molecule has 0 amide bonds. The van der Waals surface area contributed by atoms with Gasteiger partial charge in [0.1, 0.15) is 4.88 Å². The van der Waals surface area contributed by atoms with Crippen molar-refractivity contribution in [2.75, 3.05) is 6.54 Å². The van der Waals surface area contributed by atoms with Gasteiger partial charge in [-0.15, -0.1) is 11.3 Å². The van der Waals surface area contributed by atoms with Gasteiger partial charge in [-0.05, 0) is 35.3 Å². The highest BCUT2D eigenvalue weighted by atomic mass is 32.1. The molecule has 1 aliphatic rings. The quantitative estimate of drug-likeness (QED) is 0.867. The number of rotatable bonds is 5. The molecule has 0 atom stereocenters. The number of benzene rings is 1. The lowest BCUT2D eigenvalue weighted by Crippen LogP contribution is -2.29. The molecule has 1 aromatic carbocycles. The summed E-state index contributed by atoms with van der Waals surface area (Å²) < 4.78 is 1.05. The summed E-state index contributed by atoms with van der Waals surface area (Å²) in [5.41, 5.74) is 1.32. The van der Waals surface area contributed by atoms with Crippen LogP contribution in [0.25, 0.3) is 10.1 Å². The summed E-state index contributed by atoms with van der Waals surface area (Å²) in [5, 5.41) is 14.0. The number of carbonyl (C=O) groups is 1. The third-order valence-electron chi connectivity index (χ3n) is 4.56. The molecule has 0 saturated heterocycles. The minimum Gasteiger partial charge on any atom is -0.477 e. The van der Waals surface area contributed by atoms with Gasteiger partial charge in [0.2, 0.25) is 0 Å². The number of nitrogens with one attached hydrogen (secondary N) is 1. The van der Waals surface area contributed by atoms with E-state index < -0.39 is 5.97 Å². The van der Waals surface area contributed by atoms with Crippen LogP contribution >= 0.6 is 11.3 Å². The predicted molar refractivity (Wildman–Crippen MR) is 87.1 cm³/mol. The Morgan fingerprint density at radius 2 is 2.05 bits per heavy atom. The number of thiophene rings is 1. The maximum atomic E-state index is 11.5. The second-order valence-electron chi connectivity index (χ2n) is 6.33. The third kappa shape index (κ3) is 2.97. The molecule has 2 N–H and O–H groups in total. The molecule has 2 aromatic rings. The van der Waals surface area contributed by atoms with E-state index in [1.807, 2.05) is 24.3 Å². The van der Waals surface area contributed by atoms with Crippen molar-refractivity contribution < 1.29 is 9.90 Å². The van der Waals surface area contributed by atoms with Crippen LogP contribution in [0.2, 0.25) is 0 Å². The van der Waals surface area contributed by atoms with Gasteiger partial charge in [0, 0.05) is 17.8 Å². The van der Waals surface area contributed by atoms with Gasteiger partial charge in [0.15, 0.2) is 0 Å². The van der Waals surface area contributed by atoms with E-state index in [1.165, 1.54) is 37.0 Å². The van der Waals surface area contributed by atoms with Gasteiger partial charge in [-0.25, -0.2) is 4.79 Å². The van der Waals surface area contributed by atoms with Crippen LogP contribution in [0, 0.1) is 5.41 Å². The molecular weight excluding hydrogens is 282 g/mol. The zero-order valence-electron chi connectivity index (χ0n) is 12.3. The minimum absolute atomic E-state index is 0.384. The lowest BCUT2D eigenvalue weighted by molar-refractivity contribution is 0.0701.